The SMILES string of the molecule is COC(=O)CC(=O)CCCCSc1ccc(C(F)(F)F)cc1. The third-order valence-electron chi connectivity index (χ3n) is 2.87. The Balaban J connectivity index is 2.22. The number of benzene rings is 1. The van der Waals surface area contributed by atoms with Gasteiger partial charge in [0.25, 0.3) is 0 Å². The summed E-state index contributed by atoms with van der Waals surface area (Å²) in [6.45, 7) is 0. The van der Waals surface area contributed by atoms with Gasteiger partial charge in [0.2, 0.25) is 0 Å². The molecule has 0 fully saturated rings. The minimum atomic E-state index is -4.32. The molecule has 0 aromatic heterocycles. The number of alkyl halides is 3. The predicted octanol–water partition coefficient (Wildman–Crippen LogP) is 4.10. The first-order chi connectivity index (χ1) is 10.3. The van der Waals surface area contributed by atoms with Crippen molar-refractivity contribution in [3.8, 4) is 0 Å². The van der Waals surface area contributed by atoms with Crippen LogP contribution in [0.2, 0.25) is 0 Å². The highest BCUT2D eigenvalue weighted by molar-refractivity contribution is 7.99. The summed E-state index contributed by atoms with van der Waals surface area (Å²) in [5.41, 5.74) is -0.662. The van der Waals surface area contributed by atoms with Gasteiger partial charge in [-0.3, -0.25) is 9.59 Å². The van der Waals surface area contributed by atoms with E-state index in [9.17, 15) is 22.8 Å². The van der Waals surface area contributed by atoms with Crippen LogP contribution < -0.4 is 0 Å². The summed E-state index contributed by atoms with van der Waals surface area (Å²) in [7, 11) is 1.23. The van der Waals surface area contributed by atoms with Crippen molar-refractivity contribution in [1.29, 1.82) is 0 Å². The zero-order valence-corrected chi connectivity index (χ0v) is 12.9. The largest absolute Gasteiger partial charge is 0.469 e. The van der Waals surface area contributed by atoms with E-state index in [0.717, 1.165) is 23.4 Å². The molecule has 0 saturated heterocycles. The fraction of sp³-hybridized carbons (Fsp3) is 0.467. The Kier molecular flexibility index (Phi) is 7.44. The number of Topliss-reactive ketones (excluding diaryl/α,β-unsaturated/α-hetero) is 1. The number of hydrogen-bond donors (Lipinski definition) is 0. The molecule has 1 aromatic rings. The summed E-state index contributed by atoms with van der Waals surface area (Å²) in [5, 5.41) is 0. The minimum Gasteiger partial charge on any atom is -0.469 e. The fourth-order valence-electron chi connectivity index (χ4n) is 1.68. The molecule has 3 nitrogen and oxygen atoms in total. The summed E-state index contributed by atoms with van der Waals surface area (Å²) in [4.78, 5) is 23.0. The summed E-state index contributed by atoms with van der Waals surface area (Å²) < 4.78 is 41.6. The molecule has 122 valence electrons. The highest BCUT2D eigenvalue weighted by Crippen LogP contribution is 2.30. The molecule has 7 heteroatoms. The van der Waals surface area contributed by atoms with Crippen LogP contribution in [0.1, 0.15) is 31.2 Å². The molecular formula is C15H17F3O3S. The average molecular weight is 334 g/mol. The summed E-state index contributed by atoms with van der Waals surface area (Å²) in [6.07, 6.45) is -2.82. The number of carbonyl (C=O) groups excluding carboxylic acids is 2. The molecule has 0 aliphatic heterocycles. The molecule has 1 aromatic carbocycles. The minimum absolute atomic E-state index is 0.161. The van der Waals surface area contributed by atoms with E-state index in [0.29, 0.717) is 18.6 Å². The second-order valence-corrected chi connectivity index (χ2v) is 5.79. The Morgan fingerprint density at radius 2 is 1.77 bits per heavy atom. The van der Waals surface area contributed by atoms with Gasteiger partial charge in [-0.15, -0.1) is 11.8 Å². The van der Waals surface area contributed by atoms with Crippen molar-refractivity contribution in [2.75, 3.05) is 12.9 Å². The Morgan fingerprint density at radius 1 is 1.14 bits per heavy atom. The first-order valence-electron chi connectivity index (χ1n) is 6.71. The van der Waals surface area contributed by atoms with Crippen LogP contribution in [0.5, 0.6) is 0 Å². The zero-order chi connectivity index (χ0) is 16.6. The van der Waals surface area contributed by atoms with Crippen LogP contribution in [-0.4, -0.2) is 24.6 Å². The standard InChI is InChI=1S/C15H17F3O3S/c1-21-14(20)10-12(19)4-2-3-9-22-13-7-5-11(6-8-13)15(16,17)18/h5-8H,2-4,9-10H2,1H3. The van der Waals surface area contributed by atoms with Crippen LogP contribution in [0.4, 0.5) is 13.2 Å². The highest BCUT2D eigenvalue weighted by Gasteiger charge is 2.29. The molecule has 0 N–H and O–H groups in total. The summed E-state index contributed by atoms with van der Waals surface area (Å²) >= 11 is 1.44. The number of thioether (sulfide) groups is 1. The van der Waals surface area contributed by atoms with Crippen LogP contribution in [-0.2, 0) is 20.5 Å². The van der Waals surface area contributed by atoms with Crippen LogP contribution in [0.3, 0.4) is 0 Å². The number of ether oxygens (including phenoxy) is 1. The highest BCUT2D eigenvalue weighted by atomic mass is 32.2. The van der Waals surface area contributed by atoms with Crippen LogP contribution in [0.25, 0.3) is 0 Å². The normalized spacial score (nSPS) is 11.3. The molecule has 0 atom stereocenters. The molecule has 22 heavy (non-hydrogen) atoms. The number of unbranched alkanes of at least 4 members (excludes halogenated alkanes) is 1. The number of carbonyl (C=O) groups is 2. The molecule has 0 spiro atoms. The third-order valence-corrected chi connectivity index (χ3v) is 3.97. The Hall–Kier alpha value is -1.50. The Bertz CT molecular complexity index is 498. The van der Waals surface area contributed by atoms with Gasteiger partial charge in [0.1, 0.15) is 12.2 Å². The van der Waals surface area contributed by atoms with Crippen molar-refractivity contribution in [3.05, 3.63) is 29.8 Å². The summed E-state index contributed by atoms with van der Waals surface area (Å²) in [5.74, 6) is 0.00662. The summed E-state index contributed by atoms with van der Waals surface area (Å²) in [6, 6.07) is 5.00. The number of halogens is 3. The van der Waals surface area contributed by atoms with E-state index < -0.39 is 17.7 Å². The fourth-order valence-corrected chi connectivity index (χ4v) is 2.59. The van der Waals surface area contributed by atoms with Gasteiger partial charge in [-0.2, -0.15) is 13.2 Å². The first kappa shape index (κ1) is 18.5. The van der Waals surface area contributed by atoms with Gasteiger partial charge < -0.3 is 4.74 Å². The predicted molar refractivity (Wildman–Crippen MR) is 77.7 cm³/mol. The van der Waals surface area contributed by atoms with Gasteiger partial charge >= 0.3 is 12.1 Å². The van der Waals surface area contributed by atoms with Gasteiger partial charge in [-0.05, 0) is 42.9 Å². The molecule has 0 heterocycles. The molecule has 0 radical (unpaired) electrons. The molecule has 0 saturated carbocycles. The van der Waals surface area contributed by atoms with Gasteiger partial charge in [-0.25, -0.2) is 0 Å². The van der Waals surface area contributed by atoms with Crippen molar-refractivity contribution in [1.82, 2.24) is 0 Å². The van der Waals surface area contributed by atoms with Gasteiger partial charge in [0.15, 0.2) is 0 Å². The monoisotopic (exact) mass is 334 g/mol. The maximum Gasteiger partial charge on any atom is 0.416 e. The lowest BCUT2D eigenvalue weighted by atomic mass is 10.1. The van der Waals surface area contributed by atoms with Gasteiger partial charge in [-0.1, -0.05) is 0 Å². The van der Waals surface area contributed by atoms with E-state index in [1.807, 2.05) is 0 Å². The topological polar surface area (TPSA) is 43.4 Å². The van der Waals surface area contributed by atoms with Crippen molar-refractivity contribution in [2.45, 2.75) is 36.8 Å². The maximum absolute atomic E-state index is 12.4. The van der Waals surface area contributed by atoms with E-state index in [2.05, 4.69) is 4.74 Å². The van der Waals surface area contributed by atoms with E-state index in [1.165, 1.54) is 31.0 Å². The third kappa shape index (κ3) is 6.98. The first-order valence-corrected chi connectivity index (χ1v) is 7.70. The Morgan fingerprint density at radius 3 is 2.32 bits per heavy atom. The molecule has 0 aliphatic carbocycles. The lowest BCUT2D eigenvalue weighted by molar-refractivity contribution is -0.143. The molecular weight excluding hydrogens is 317 g/mol. The lowest BCUT2D eigenvalue weighted by Crippen LogP contribution is -2.08. The van der Waals surface area contributed by atoms with Crippen molar-refractivity contribution in [3.63, 3.8) is 0 Å². The molecule has 0 bridgehead atoms. The average Bonchev–Trinajstić information content (AvgIpc) is 2.46. The number of hydrogen-bond acceptors (Lipinski definition) is 4. The molecule has 1 rings (SSSR count). The second-order valence-electron chi connectivity index (χ2n) is 4.62. The van der Waals surface area contributed by atoms with Crippen LogP contribution >= 0.6 is 11.8 Å². The number of ketones is 1. The van der Waals surface area contributed by atoms with E-state index in [4.69, 9.17) is 0 Å². The maximum atomic E-state index is 12.4. The van der Waals surface area contributed by atoms with E-state index in [-0.39, 0.29) is 12.2 Å². The number of rotatable bonds is 8. The van der Waals surface area contributed by atoms with Crippen LogP contribution in [0, 0.1) is 0 Å². The van der Waals surface area contributed by atoms with E-state index >= 15 is 0 Å². The molecule has 0 amide bonds. The van der Waals surface area contributed by atoms with Crippen LogP contribution in [0.15, 0.2) is 29.2 Å². The molecule has 0 aliphatic rings. The number of methoxy groups -OCH3 is 1. The quantitative estimate of drug-likeness (QED) is 0.311. The van der Waals surface area contributed by atoms with E-state index in [1.54, 1.807) is 0 Å². The Labute approximate surface area is 131 Å². The van der Waals surface area contributed by atoms with Gasteiger partial charge in [0.05, 0.1) is 12.7 Å². The second kappa shape index (κ2) is 8.82. The molecule has 0 unspecified atom stereocenters. The zero-order valence-electron chi connectivity index (χ0n) is 12.1. The smallest absolute Gasteiger partial charge is 0.416 e. The van der Waals surface area contributed by atoms with Gasteiger partial charge in [0, 0.05) is 11.3 Å². The lowest BCUT2D eigenvalue weighted by Gasteiger charge is -2.07. The van der Waals surface area contributed by atoms with Crippen molar-refractivity contribution < 1.29 is 27.5 Å². The van der Waals surface area contributed by atoms with Crippen molar-refractivity contribution >= 4 is 23.5 Å². The van der Waals surface area contributed by atoms with Crippen molar-refractivity contribution in [2.24, 2.45) is 0 Å². The number of esters is 1.